The molecule has 0 saturated heterocycles. The van der Waals surface area contributed by atoms with Crippen molar-refractivity contribution in [3.8, 4) is 5.75 Å². The fourth-order valence-electron chi connectivity index (χ4n) is 2.79. The number of aromatic nitrogens is 2. The minimum absolute atomic E-state index is 0.562. The summed E-state index contributed by atoms with van der Waals surface area (Å²) in [5, 5.41) is 6.56. The predicted molar refractivity (Wildman–Crippen MR) is 113 cm³/mol. The van der Waals surface area contributed by atoms with Crippen LogP contribution in [-0.2, 0) is 13.1 Å². The lowest BCUT2D eigenvalue weighted by atomic mass is 10.2. The molecular formula is C22H27N5O. The summed E-state index contributed by atoms with van der Waals surface area (Å²) < 4.78 is 7.87. The zero-order valence-corrected chi connectivity index (χ0v) is 16.4. The van der Waals surface area contributed by atoms with Gasteiger partial charge in [-0.1, -0.05) is 48.0 Å². The Morgan fingerprint density at radius 1 is 1.07 bits per heavy atom. The van der Waals surface area contributed by atoms with Gasteiger partial charge in [0.15, 0.2) is 5.96 Å². The normalized spacial score (nSPS) is 11.3. The predicted octanol–water partition coefficient (Wildman–Crippen LogP) is 2.98. The lowest BCUT2D eigenvalue weighted by Gasteiger charge is -2.13. The van der Waals surface area contributed by atoms with Gasteiger partial charge in [-0.25, -0.2) is 4.98 Å². The van der Waals surface area contributed by atoms with Crippen molar-refractivity contribution < 1.29 is 4.74 Å². The summed E-state index contributed by atoms with van der Waals surface area (Å²) in [6.45, 7) is 4.68. The Kier molecular flexibility index (Phi) is 7.07. The van der Waals surface area contributed by atoms with Crippen molar-refractivity contribution in [1.29, 1.82) is 0 Å². The van der Waals surface area contributed by atoms with E-state index in [1.165, 1.54) is 11.1 Å². The highest BCUT2D eigenvalue weighted by Crippen LogP contribution is 2.10. The first-order chi connectivity index (χ1) is 13.7. The Bertz CT molecular complexity index is 871. The van der Waals surface area contributed by atoms with Gasteiger partial charge in [-0.3, -0.25) is 4.99 Å². The molecule has 0 aliphatic carbocycles. The molecule has 6 heteroatoms. The molecule has 0 aliphatic heterocycles. The molecular weight excluding hydrogens is 350 g/mol. The topological polar surface area (TPSA) is 63.5 Å². The van der Waals surface area contributed by atoms with E-state index < -0.39 is 0 Å². The third-order valence-electron chi connectivity index (χ3n) is 4.32. The third-order valence-corrected chi connectivity index (χ3v) is 4.32. The van der Waals surface area contributed by atoms with Crippen molar-refractivity contribution >= 4 is 5.96 Å². The van der Waals surface area contributed by atoms with Crippen molar-refractivity contribution in [2.75, 3.05) is 20.2 Å². The zero-order valence-electron chi connectivity index (χ0n) is 16.4. The van der Waals surface area contributed by atoms with E-state index in [0.29, 0.717) is 19.7 Å². The maximum absolute atomic E-state index is 5.73. The molecule has 0 spiro atoms. The van der Waals surface area contributed by atoms with Gasteiger partial charge in [0.1, 0.15) is 18.2 Å². The van der Waals surface area contributed by atoms with E-state index >= 15 is 0 Å². The molecule has 0 saturated carbocycles. The smallest absolute Gasteiger partial charge is 0.191 e. The quantitative estimate of drug-likeness (QED) is 0.360. The molecule has 6 nitrogen and oxygen atoms in total. The lowest BCUT2D eigenvalue weighted by Crippen LogP contribution is -2.39. The van der Waals surface area contributed by atoms with E-state index in [-0.39, 0.29) is 0 Å². The molecule has 2 aromatic carbocycles. The van der Waals surface area contributed by atoms with Gasteiger partial charge in [0, 0.05) is 26.0 Å². The summed E-state index contributed by atoms with van der Waals surface area (Å²) >= 11 is 0. The molecule has 2 N–H and O–H groups in total. The molecule has 146 valence electrons. The molecule has 0 fully saturated rings. The Balaban J connectivity index is 1.43. The minimum Gasteiger partial charge on any atom is -0.492 e. The number of imidazole rings is 1. The fourth-order valence-corrected chi connectivity index (χ4v) is 2.79. The second kappa shape index (κ2) is 10.2. The summed E-state index contributed by atoms with van der Waals surface area (Å²) in [5.74, 6) is 2.56. The van der Waals surface area contributed by atoms with E-state index in [9.17, 15) is 0 Å². The number of nitrogens with one attached hydrogen (secondary N) is 2. The van der Waals surface area contributed by atoms with Gasteiger partial charge in [-0.05, 0) is 24.6 Å². The Hall–Kier alpha value is -3.28. The van der Waals surface area contributed by atoms with Crippen LogP contribution in [0.2, 0.25) is 0 Å². The van der Waals surface area contributed by atoms with Crippen LogP contribution in [0.15, 0.2) is 72.0 Å². The summed E-state index contributed by atoms with van der Waals surface area (Å²) in [7, 11) is 1.76. The number of aryl methyl sites for hydroxylation is 1. The molecule has 0 atom stereocenters. The summed E-state index contributed by atoms with van der Waals surface area (Å²) in [4.78, 5) is 8.71. The monoisotopic (exact) mass is 377 g/mol. The van der Waals surface area contributed by atoms with Crippen molar-refractivity contribution in [2.45, 2.75) is 20.0 Å². The number of hydrogen-bond acceptors (Lipinski definition) is 3. The molecule has 3 rings (SSSR count). The van der Waals surface area contributed by atoms with E-state index in [2.05, 4.69) is 56.4 Å². The van der Waals surface area contributed by atoms with Gasteiger partial charge >= 0.3 is 0 Å². The van der Waals surface area contributed by atoms with Gasteiger partial charge in [0.05, 0.1) is 13.1 Å². The highest BCUT2D eigenvalue weighted by atomic mass is 16.5. The Morgan fingerprint density at radius 2 is 1.86 bits per heavy atom. The van der Waals surface area contributed by atoms with Gasteiger partial charge in [0.25, 0.3) is 0 Å². The fraction of sp³-hybridized carbons (Fsp3) is 0.273. The molecule has 1 heterocycles. The Morgan fingerprint density at radius 3 is 2.61 bits per heavy atom. The van der Waals surface area contributed by atoms with Gasteiger partial charge in [-0.15, -0.1) is 0 Å². The first-order valence-electron chi connectivity index (χ1n) is 9.42. The van der Waals surface area contributed by atoms with Crippen LogP contribution in [0.3, 0.4) is 0 Å². The van der Waals surface area contributed by atoms with Crippen LogP contribution >= 0.6 is 0 Å². The number of ether oxygens (including phenoxy) is 1. The maximum Gasteiger partial charge on any atom is 0.191 e. The van der Waals surface area contributed by atoms with Crippen molar-refractivity contribution in [3.05, 3.63) is 83.9 Å². The molecule has 0 aliphatic rings. The van der Waals surface area contributed by atoms with Crippen LogP contribution in [0.4, 0.5) is 0 Å². The number of hydrogen-bond donors (Lipinski definition) is 2. The summed E-state index contributed by atoms with van der Waals surface area (Å²) in [6, 6.07) is 18.4. The Labute approximate surface area is 166 Å². The average molecular weight is 377 g/mol. The maximum atomic E-state index is 5.73. The number of rotatable bonds is 8. The SMILES string of the molecule is CN=C(NCCOc1ccc(C)cc1)NCc1nccn1Cc1ccccc1. The van der Waals surface area contributed by atoms with Crippen molar-refractivity contribution in [3.63, 3.8) is 0 Å². The van der Waals surface area contributed by atoms with Crippen molar-refractivity contribution in [2.24, 2.45) is 4.99 Å². The van der Waals surface area contributed by atoms with Crippen LogP contribution in [0.5, 0.6) is 5.75 Å². The number of aliphatic imine (C=N–C) groups is 1. The second-order valence-corrected chi connectivity index (χ2v) is 6.47. The van der Waals surface area contributed by atoms with Crippen LogP contribution in [-0.4, -0.2) is 35.7 Å². The van der Waals surface area contributed by atoms with E-state index in [1.807, 2.05) is 42.7 Å². The largest absolute Gasteiger partial charge is 0.492 e. The minimum atomic E-state index is 0.562. The first kappa shape index (κ1) is 19.5. The highest BCUT2D eigenvalue weighted by molar-refractivity contribution is 5.79. The average Bonchev–Trinajstić information content (AvgIpc) is 3.16. The third kappa shape index (κ3) is 5.87. The van der Waals surface area contributed by atoms with Crippen LogP contribution in [0, 0.1) is 6.92 Å². The van der Waals surface area contributed by atoms with Crippen LogP contribution in [0.1, 0.15) is 17.0 Å². The summed E-state index contributed by atoms with van der Waals surface area (Å²) in [5.41, 5.74) is 2.47. The van der Waals surface area contributed by atoms with E-state index in [1.54, 1.807) is 7.05 Å². The summed E-state index contributed by atoms with van der Waals surface area (Å²) in [6.07, 6.45) is 3.82. The van der Waals surface area contributed by atoms with Gasteiger partial charge in [-0.2, -0.15) is 0 Å². The van der Waals surface area contributed by atoms with Gasteiger partial charge in [0.2, 0.25) is 0 Å². The molecule has 0 unspecified atom stereocenters. The molecule has 0 radical (unpaired) electrons. The molecule has 3 aromatic rings. The standard InChI is InChI=1S/C22H27N5O/c1-18-8-10-20(11-9-18)28-15-13-25-22(23-2)26-16-21-24-12-14-27(21)17-19-6-4-3-5-7-19/h3-12,14H,13,15-17H2,1-2H3,(H2,23,25,26). The van der Waals surface area contributed by atoms with Crippen LogP contribution in [0.25, 0.3) is 0 Å². The first-order valence-corrected chi connectivity index (χ1v) is 9.42. The zero-order chi connectivity index (χ0) is 19.6. The van der Waals surface area contributed by atoms with Crippen molar-refractivity contribution in [1.82, 2.24) is 20.2 Å². The number of guanidine groups is 1. The second-order valence-electron chi connectivity index (χ2n) is 6.47. The lowest BCUT2D eigenvalue weighted by molar-refractivity contribution is 0.322. The van der Waals surface area contributed by atoms with E-state index in [4.69, 9.17) is 4.74 Å². The van der Waals surface area contributed by atoms with Crippen LogP contribution < -0.4 is 15.4 Å². The molecule has 0 bridgehead atoms. The van der Waals surface area contributed by atoms with Gasteiger partial charge < -0.3 is 19.9 Å². The number of benzene rings is 2. The molecule has 1 aromatic heterocycles. The number of nitrogens with zero attached hydrogens (tertiary/aromatic N) is 3. The molecule has 28 heavy (non-hydrogen) atoms. The molecule has 0 amide bonds. The highest BCUT2D eigenvalue weighted by Gasteiger charge is 2.05. The van der Waals surface area contributed by atoms with E-state index in [0.717, 1.165) is 24.1 Å².